The molecular weight excluding hydrogens is 434 g/mol. The first-order valence-electron chi connectivity index (χ1n) is 11.7. The van der Waals surface area contributed by atoms with E-state index in [1.807, 2.05) is 25.1 Å². The van der Waals surface area contributed by atoms with Crippen LogP contribution in [0, 0.1) is 29.1 Å². The number of ether oxygens (including phenoxy) is 1. The largest absolute Gasteiger partial charge is 0.496 e. The topological polar surface area (TPSA) is 141 Å². The zero-order chi connectivity index (χ0) is 24.4. The Kier molecular flexibility index (Phi) is 6.89. The van der Waals surface area contributed by atoms with Gasteiger partial charge in [-0.05, 0) is 43.4 Å². The molecule has 0 saturated carbocycles. The van der Waals surface area contributed by atoms with Crippen LogP contribution in [0.2, 0.25) is 0 Å². The zero-order valence-electron chi connectivity index (χ0n) is 19.5. The van der Waals surface area contributed by atoms with Crippen LogP contribution in [0.1, 0.15) is 43.1 Å². The Morgan fingerprint density at radius 3 is 2.82 bits per heavy atom. The number of amides is 2. The van der Waals surface area contributed by atoms with Gasteiger partial charge in [-0.15, -0.1) is 0 Å². The highest BCUT2D eigenvalue weighted by Crippen LogP contribution is 2.32. The predicted octanol–water partition coefficient (Wildman–Crippen LogP) is 1.98. The molecule has 2 aliphatic heterocycles. The third kappa shape index (κ3) is 4.64. The lowest BCUT2D eigenvalue weighted by Gasteiger charge is -2.42. The van der Waals surface area contributed by atoms with E-state index in [0.29, 0.717) is 43.8 Å². The maximum atomic E-state index is 13.5. The number of carbonyl (C=O) groups is 3. The Hall–Kier alpha value is -3.38. The molecule has 1 aromatic carbocycles. The van der Waals surface area contributed by atoms with Gasteiger partial charge >= 0.3 is 0 Å². The third-order valence-electron chi connectivity index (χ3n) is 7.06. The molecule has 0 bridgehead atoms. The van der Waals surface area contributed by atoms with Crippen LogP contribution in [0.5, 0.6) is 5.75 Å². The molecule has 9 nitrogen and oxygen atoms in total. The fourth-order valence-electron chi connectivity index (χ4n) is 5.30. The van der Waals surface area contributed by atoms with Gasteiger partial charge in [-0.2, -0.15) is 5.26 Å². The molecule has 2 aliphatic rings. The Labute approximate surface area is 198 Å². The van der Waals surface area contributed by atoms with Gasteiger partial charge in [0.05, 0.1) is 24.9 Å². The average molecular weight is 466 g/mol. The number of methoxy groups -OCH3 is 1. The molecule has 4 rings (SSSR count). The molecule has 2 fully saturated rings. The quantitative estimate of drug-likeness (QED) is 0.509. The summed E-state index contributed by atoms with van der Waals surface area (Å²) in [7, 11) is 1.58. The van der Waals surface area contributed by atoms with Crippen molar-refractivity contribution in [1.82, 2.24) is 15.2 Å². The molecule has 2 amide bonds. The van der Waals surface area contributed by atoms with E-state index >= 15 is 0 Å². The number of aromatic nitrogens is 1. The van der Waals surface area contributed by atoms with Gasteiger partial charge < -0.3 is 25.7 Å². The van der Waals surface area contributed by atoms with Crippen molar-refractivity contribution >= 4 is 28.5 Å². The van der Waals surface area contributed by atoms with Crippen molar-refractivity contribution in [3.05, 3.63) is 30.0 Å². The minimum absolute atomic E-state index is 0.0615. The van der Waals surface area contributed by atoms with Crippen LogP contribution in [0.25, 0.3) is 10.9 Å². The molecule has 2 aromatic rings. The first-order valence-corrected chi connectivity index (χ1v) is 11.7. The van der Waals surface area contributed by atoms with Crippen molar-refractivity contribution in [3.8, 4) is 11.8 Å². The van der Waals surface area contributed by atoms with Crippen LogP contribution >= 0.6 is 0 Å². The number of H-pyrrole nitrogens is 1. The molecule has 180 valence electrons. The number of nitrogens with zero attached hydrogens (tertiary/aromatic N) is 2. The van der Waals surface area contributed by atoms with Crippen LogP contribution in [0.15, 0.2) is 24.3 Å². The van der Waals surface area contributed by atoms with Crippen molar-refractivity contribution in [3.63, 3.8) is 0 Å². The smallest absolute Gasteiger partial charge is 0.226 e. The molecule has 34 heavy (non-hydrogen) atoms. The van der Waals surface area contributed by atoms with Crippen LogP contribution < -0.4 is 15.8 Å². The average Bonchev–Trinajstić information content (AvgIpc) is 3.45. The molecule has 5 atom stereocenters. The summed E-state index contributed by atoms with van der Waals surface area (Å²) in [5.74, 6) is -0.342. The summed E-state index contributed by atoms with van der Waals surface area (Å²) in [4.78, 5) is 43.6. The minimum atomic E-state index is -0.903. The van der Waals surface area contributed by atoms with Gasteiger partial charge in [0.2, 0.25) is 11.8 Å². The van der Waals surface area contributed by atoms with Crippen molar-refractivity contribution in [2.24, 2.45) is 23.5 Å². The van der Waals surface area contributed by atoms with Gasteiger partial charge in [0, 0.05) is 42.2 Å². The van der Waals surface area contributed by atoms with Crippen LogP contribution in [0.4, 0.5) is 0 Å². The molecule has 1 aromatic heterocycles. The molecule has 3 heterocycles. The first-order chi connectivity index (χ1) is 16.3. The molecule has 0 radical (unpaired) electrons. The molecule has 2 unspecified atom stereocenters. The predicted molar refractivity (Wildman–Crippen MR) is 126 cm³/mol. The van der Waals surface area contributed by atoms with Crippen LogP contribution in [0.3, 0.4) is 0 Å². The SMILES string of the molecule is COc1cccc2[nH]c(C(=O)C[C@H]3CC(C)CN([C@@H](C[C@@H]4CCNC4=O)C(N)C#N)C3=O)cc12. The van der Waals surface area contributed by atoms with Crippen molar-refractivity contribution in [2.75, 3.05) is 20.2 Å². The highest BCUT2D eigenvalue weighted by Gasteiger charge is 2.41. The van der Waals surface area contributed by atoms with E-state index in [2.05, 4.69) is 16.4 Å². The second-order valence-corrected chi connectivity index (χ2v) is 9.49. The summed E-state index contributed by atoms with van der Waals surface area (Å²) in [5, 5.41) is 13.1. The maximum absolute atomic E-state index is 13.5. The van der Waals surface area contributed by atoms with E-state index in [-0.39, 0.29) is 35.9 Å². The number of carbonyl (C=O) groups excluding carboxylic acids is 3. The molecule has 2 saturated heterocycles. The van der Waals surface area contributed by atoms with Crippen LogP contribution in [-0.2, 0) is 9.59 Å². The monoisotopic (exact) mass is 465 g/mol. The molecular formula is C25H31N5O4. The number of aromatic amines is 1. The Morgan fingerprint density at radius 2 is 2.15 bits per heavy atom. The van der Waals surface area contributed by atoms with Crippen molar-refractivity contribution in [1.29, 1.82) is 5.26 Å². The Balaban J connectivity index is 1.53. The number of rotatable bonds is 8. The normalized spacial score (nSPS) is 24.5. The number of Topliss-reactive ketones (excluding diaryl/α,β-unsaturated/α-hetero) is 1. The van der Waals surface area contributed by atoms with Gasteiger partial charge in [-0.1, -0.05) is 13.0 Å². The van der Waals surface area contributed by atoms with Gasteiger partial charge in [0.1, 0.15) is 11.8 Å². The van der Waals surface area contributed by atoms with Gasteiger partial charge in [-0.3, -0.25) is 14.4 Å². The lowest BCUT2D eigenvalue weighted by molar-refractivity contribution is -0.144. The lowest BCUT2D eigenvalue weighted by Crippen LogP contribution is -2.56. The summed E-state index contributed by atoms with van der Waals surface area (Å²) in [5.41, 5.74) is 7.35. The third-order valence-corrected chi connectivity index (χ3v) is 7.06. The maximum Gasteiger partial charge on any atom is 0.226 e. The van der Waals surface area contributed by atoms with Crippen molar-refractivity contribution < 1.29 is 19.1 Å². The number of nitriles is 1. The first kappa shape index (κ1) is 23.8. The summed E-state index contributed by atoms with van der Waals surface area (Å²) >= 11 is 0. The zero-order valence-corrected chi connectivity index (χ0v) is 19.5. The van der Waals surface area contributed by atoms with E-state index in [9.17, 15) is 19.6 Å². The van der Waals surface area contributed by atoms with Gasteiger partial charge in [-0.25, -0.2) is 0 Å². The number of hydrogen-bond donors (Lipinski definition) is 3. The number of hydrogen-bond acceptors (Lipinski definition) is 6. The van der Waals surface area contributed by atoms with Gasteiger partial charge in [0.25, 0.3) is 0 Å². The highest BCUT2D eigenvalue weighted by atomic mass is 16.5. The number of nitrogens with two attached hydrogens (primary N) is 1. The molecule has 0 aliphatic carbocycles. The second-order valence-electron chi connectivity index (χ2n) is 9.49. The number of ketones is 1. The van der Waals surface area contributed by atoms with E-state index < -0.39 is 18.0 Å². The molecule has 4 N–H and O–H groups in total. The second kappa shape index (κ2) is 9.85. The molecule has 0 spiro atoms. The molecule has 9 heteroatoms. The van der Waals surface area contributed by atoms with E-state index in [1.54, 1.807) is 18.1 Å². The van der Waals surface area contributed by atoms with Gasteiger partial charge in [0.15, 0.2) is 5.78 Å². The number of nitrogens with one attached hydrogen (secondary N) is 2. The fourth-order valence-corrected chi connectivity index (χ4v) is 5.30. The summed E-state index contributed by atoms with van der Waals surface area (Å²) < 4.78 is 5.38. The Morgan fingerprint density at radius 1 is 1.35 bits per heavy atom. The van der Waals surface area contributed by atoms with E-state index in [4.69, 9.17) is 10.5 Å². The summed E-state index contributed by atoms with van der Waals surface area (Å²) in [6, 6.07) is 7.91. The highest BCUT2D eigenvalue weighted by molar-refractivity contribution is 6.02. The number of piperidine rings is 1. The fraction of sp³-hybridized carbons (Fsp3) is 0.520. The van der Waals surface area contributed by atoms with E-state index in [0.717, 1.165) is 10.9 Å². The minimum Gasteiger partial charge on any atom is -0.496 e. The standard InChI is InChI=1S/C25H31N5O4/c1-14-8-16(10-22(31)20-11-17-19(29-20)4-3-5-23(17)34-2)25(33)30(13-14)21(18(27)12-26)9-15-6-7-28-24(15)32/h3-5,11,14-16,18,21,29H,6-10,13,27H2,1-2H3,(H,28,32)/t14?,15-,16+,18?,21-/m0/s1. The Bertz CT molecular complexity index is 1140. The summed E-state index contributed by atoms with van der Waals surface area (Å²) in [6.07, 6.45) is 1.66. The number of benzene rings is 1. The van der Waals surface area contributed by atoms with Crippen LogP contribution in [-0.4, -0.2) is 59.8 Å². The lowest BCUT2D eigenvalue weighted by atomic mass is 9.83. The number of fused-ring (bicyclic) bond motifs is 1. The summed E-state index contributed by atoms with van der Waals surface area (Å²) in [6.45, 7) is 3.08. The van der Waals surface area contributed by atoms with Crippen molar-refractivity contribution in [2.45, 2.75) is 44.7 Å². The number of likely N-dealkylation sites (tertiary alicyclic amines) is 1. The van der Waals surface area contributed by atoms with E-state index in [1.165, 1.54) is 0 Å².